The van der Waals surface area contributed by atoms with E-state index < -0.39 is 5.97 Å². The van der Waals surface area contributed by atoms with Gasteiger partial charge < -0.3 is 19.6 Å². The summed E-state index contributed by atoms with van der Waals surface area (Å²) < 4.78 is 15.6. The van der Waals surface area contributed by atoms with E-state index in [2.05, 4.69) is 4.98 Å². The highest BCUT2D eigenvalue weighted by atomic mass is 16.5. The Bertz CT molecular complexity index is 703. The molecule has 6 nitrogen and oxygen atoms in total. The van der Waals surface area contributed by atoms with Crippen LogP contribution in [0.15, 0.2) is 22.9 Å². The van der Waals surface area contributed by atoms with Crippen molar-refractivity contribution in [2.24, 2.45) is 0 Å². The zero-order valence-electron chi connectivity index (χ0n) is 11.0. The molecule has 0 fully saturated rings. The van der Waals surface area contributed by atoms with E-state index in [-0.39, 0.29) is 18.1 Å². The highest BCUT2D eigenvalue weighted by molar-refractivity contribution is 6.06. The number of nitrogens with zero attached hydrogens (tertiary/aromatic N) is 1. The molecule has 20 heavy (non-hydrogen) atoms. The van der Waals surface area contributed by atoms with Gasteiger partial charge in [0.15, 0.2) is 5.58 Å². The number of furan rings is 1. The fraction of sp³-hybridized carbons (Fsp3) is 0.286. The van der Waals surface area contributed by atoms with Crippen LogP contribution in [-0.4, -0.2) is 24.2 Å². The Morgan fingerprint density at radius 1 is 1.55 bits per heavy atom. The molecule has 0 aromatic carbocycles. The summed E-state index contributed by atoms with van der Waals surface area (Å²) in [6.07, 6.45) is 4.22. The van der Waals surface area contributed by atoms with Gasteiger partial charge in [0.25, 0.3) is 0 Å². The van der Waals surface area contributed by atoms with E-state index in [4.69, 9.17) is 19.6 Å². The van der Waals surface area contributed by atoms with E-state index in [0.29, 0.717) is 17.7 Å². The molecular weight excluding hydrogens is 260 g/mol. The van der Waals surface area contributed by atoms with Crippen LogP contribution in [0.4, 0.5) is 5.88 Å². The molecule has 0 spiro atoms. The van der Waals surface area contributed by atoms with Crippen LogP contribution in [0.5, 0.6) is 0 Å². The first-order valence-electron chi connectivity index (χ1n) is 6.37. The van der Waals surface area contributed by atoms with Crippen LogP contribution in [0, 0.1) is 0 Å². The van der Waals surface area contributed by atoms with Gasteiger partial charge in [-0.25, -0.2) is 4.79 Å². The van der Waals surface area contributed by atoms with E-state index in [1.54, 1.807) is 19.4 Å². The molecule has 0 unspecified atom stereocenters. The largest absolute Gasteiger partial charge is 0.501 e. The lowest BCUT2D eigenvalue weighted by atomic mass is 10.1. The molecule has 0 bridgehead atoms. The predicted molar refractivity (Wildman–Crippen MR) is 72.9 cm³/mol. The summed E-state index contributed by atoms with van der Waals surface area (Å²) in [6, 6.07) is 1.81. The Labute approximate surface area is 115 Å². The van der Waals surface area contributed by atoms with E-state index >= 15 is 0 Å². The number of anilines is 1. The molecule has 2 aromatic heterocycles. The molecule has 0 aliphatic carbocycles. The smallest absolute Gasteiger partial charge is 0.345 e. The number of aromatic nitrogens is 1. The van der Waals surface area contributed by atoms with Gasteiger partial charge in [-0.2, -0.15) is 0 Å². The van der Waals surface area contributed by atoms with Gasteiger partial charge in [-0.1, -0.05) is 0 Å². The summed E-state index contributed by atoms with van der Waals surface area (Å²) in [5.74, 6) is -0.493. The van der Waals surface area contributed by atoms with Crippen molar-refractivity contribution in [3.63, 3.8) is 0 Å². The molecule has 3 heterocycles. The van der Waals surface area contributed by atoms with Crippen LogP contribution in [0.1, 0.15) is 29.3 Å². The van der Waals surface area contributed by atoms with Gasteiger partial charge >= 0.3 is 5.97 Å². The second kappa shape index (κ2) is 4.88. The van der Waals surface area contributed by atoms with E-state index in [1.165, 1.54) is 0 Å². The van der Waals surface area contributed by atoms with Crippen LogP contribution in [-0.2, 0) is 9.47 Å². The number of esters is 1. The Hall–Kier alpha value is -2.50. The van der Waals surface area contributed by atoms with Crippen molar-refractivity contribution in [3.05, 3.63) is 29.7 Å². The maximum absolute atomic E-state index is 11.8. The molecule has 2 N–H and O–H groups in total. The number of carbonyl (C=O) groups excluding carboxylic acids is 1. The van der Waals surface area contributed by atoms with E-state index in [0.717, 1.165) is 17.6 Å². The molecule has 0 amide bonds. The van der Waals surface area contributed by atoms with E-state index in [9.17, 15) is 4.79 Å². The minimum atomic E-state index is -0.521. The molecule has 104 valence electrons. The Kier molecular flexibility index (Phi) is 3.06. The maximum Gasteiger partial charge on any atom is 0.345 e. The Morgan fingerprint density at radius 2 is 2.40 bits per heavy atom. The topological polar surface area (TPSA) is 87.6 Å². The van der Waals surface area contributed by atoms with Crippen LogP contribution >= 0.6 is 0 Å². The van der Waals surface area contributed by atoms with Gasteiger partial charge in [0, 0.05) is 18.2 Å². The van der Waals surface area contributed by atoms with Gasteiger partial charge in [-0.3, -0.25) is 4.98 Å². The minimum Gasteiger partial charge on any atom is -0.501 e. The summed E-state index contributed by atoms with van der Waals surface area (Å²) in [5.41, 5.74) is 8.77. The average molecular weight is 274 g/mol. The molecule has 0 atom stereocenters. The average Bonchev–Trinajstić information content (AvgIpc) is 3.03. The van der Waals surface area contributed by atoms with Crippen molar-refractivity contribution in [1.29, 1.82) is 0 Å². The van der Waals surface area contributed by atoms with Gasteiger partial charge in [-0.15, -0.1) is 0 Å². The van der Waals surface area contributed by atoms with Gasteiger partial charge in [0.2, 0.25) is 5.88 Å². The number of ether oxygens (including phenoxy) is 2. The monoisotopic (exact) mass is 274 g/mol. The van der Waals surface area contributed by atoms with Crippen LogP contribution in [0.25, 0.3) is 16.7 Å². The fourth-order valence-electron chi connectivity index (χ4n) is 2.17. The molecular formula is C14H14N2O4. The third-order valence-corrected chi connectivity index (χ3v) is 3.12. The zero-order chi connectivity index (χ0) is 14.1. The second-order valence-corrected chi connectivity index (χ2v) is 4.40. The Balaban J connectivity index is 2.06. The first-order chi connectivity index (χ1) is 9.70. The first-order valence-corrected chi connectivity index (χ1v) is 6.37. The third kappa shape index (κ3) is 1.99. The zero-order valence-corrected chi connectivity index (χ0v) is 11.0. The molecule has 0 saturated heterocycles. The van der Waals surface area contributed by atoms with Crippen LogP contribution in [0.2, 0.25) is 0 Å². The number of carbonyl (C=O) groups is 1. The number of rotatable bonds is 3. The minimum absolute atomic E-state index is 0.0275. The highest BCUT2D eigenvalue weighted by Gasteiger charge is 2.22. The summed E-state index contributed by atoms with van der Waals surface area (Å²) in [5, 5.41) is 0. The molecule has 1 aliphatic rings. The highest BCUT2D eigenvalue weighted by Crippen LogP contribution is 2.30. The molecule has 2 aromatic rings. The maximum atomic E-state index is 11.8. The molecule has 1 aliphatic heterocycles. The summed E-state index contributed by atoms with van der Waals surface area (Å²) in [7, 11) is 0. The number of hydrogen-bond acceptors (Lipinski definition) is 6. The molecule has 0 saturated carbocycles. The molecule has 3 rings (SSSR count). The summed E-state index contributed by atoms with van der Waals surface area (Å²) in [4.78, 5) is 16.1. The quantitative estimate of drug-likeness (QED) is 0.864. The molecule has 6 heteroatoms. The number of hydrogen-bond donors (Lipinski definition) is 1. The van der Waals surface area contributed by atoms with Crippen LogP contribution < -0.4 is 5.73 Å². The first kappa shape index (κ1) is 12.5. The number of pyridine rings is 1. The van der Waals surface area contributed by atoms with Crippen molar-refractivity contribution >= 4 is 28.5 Å². The lowest BCUT2D eigenvalue weighted by molar-refractivity contribution is 0.0529. The van der Waals surface area contributed by atoms with Crippen LogP contribution in [0.3, 0.4) is 0 Å². The normalized spacial score (nSPS) is 14.2. The number of nitrogen functional groups attached to an aromatic ring is 1. The fourth-order valence-corrected chi connectivity index (χ4v) is 2.17. The Morgan fingerprint density at radius 3 is 3.10 bits per heavy atom. The molecule has 0 radical (unpaired) electrons. The summed E-state index contributed by atoms with van der Waals surface area (Å²) in [6.45, 7) is 2.67. The van der Waals surface area contributed by atoms with Crippen molar-refractivity contribution in [2.45, 2.75) is 13.3 Å². The van der Waals surface area contributed by atoms with Crippen molar-refractivity contribution in [3.8, 4) is 0 Å². The van der Waals surface area contributed by atoms with Crippen molar-refractivity contribution in [1.82, 2.24) is 4.98 Å². The lowest BCUT2D eigenvalue weighted by Crippen LogP contribution is -2.06. The van der Waals surface area contributed by atoms with Crippen molar-refractivity contribution < 1.29 is 18.7 Å². The van der Waals surface area contributed by atoms with Crippen molar-refractivity contribution in [2.75, 3.05) is 18.9 Å². The number of nitrogens with two attached hydrogens (primary N) is 1. The number of fused-ring (bicyclic) bond motifs is 1. The van der Waals surface area contributed by atoms with Gasteiger partial charge in [0.1, 0.15) is 11.1 Å². The van der Waals surface area contributed by atoms with Gasteiger partial charge in [-0.05, 0) is 18.6 Å². The second-order valence-electron chi connectivity index (χ2n) is 4.40. The van der Waals surface area contributed by atoms with Gasteiger partial charge in [0.05, 0.1) is 19.5 Å². The third-order valence-electron chi connectivity index (χ3n) is 3.12. The standard InChI is InChI=1S/C14H14N2O4/c1-2-19-14(17)11-12-10(20-13(11)15)5-9(6-16-12)8-3-4-18-7-8/h5-7H,2-4,15H2,1H3. The van der Waals surface area contributed by atoms with E-state index in [1.807, 2.05) is 6.07 Å². The predicted octanol–water partition coefficient (Wildman–Crippen LogP) is 2.35. The summed E-state index contributed by atoms with van der Waals surface area (Å²) >= 11 is 0. The lowest BCUT2D eigenvalue weighted by Gasteiger charge is -2.00. The SMILES string of the molecule is CCOC(=O)c1c(N)oc2cc(C3=COCC3)cnc12.